The third-order valence-electron chi connectivity index (χ3n) is 5.64. The zero-order chi connectivity index (χ0) is 14.3. The molecule has 2 saturated heterocycles. The lowest BCUT2D eigenvalue weighted by molar-refractivity contribution is -0.139. The Labute approximate surface area is 116 Å². The Hall–Kier alpha value is -1.17. The van der Waals surface area contributed by atoms with Crippen LogP contribution < -0.4 is 0 Å². The van der Waals surface area contributed by atoms with Gasteiger partial charge in [0.2, 0.25) is 0 Å². The van der Waals surface area contributed by atoms with Crippen LogP contribution in [-0.4, -0.2) is 46.2 Å². The van der Waals surface area contributed by atoms with E-state index >= 15 is 0 Å². The number of aliphatic hydroxyl groups excluding tert-OH is 1. The van der Waals surface area contributed by atoms with Crippen molar-refractivity contribution in [3.05, 3.63) is 24.3 Å². The van der Waals surface area contributed by atoms with E-state index < -0.39 is 17.3 Å². The molecule has 6 atom stereocenters. The molecule has 2 heterocycles. The van der Waals surface area contributed by atoms with Gasteiger partial charge in [-0.25, -0.2) is 4.79 Å². The highest BCUT2D eigenvalue weighted by Crippen LogP contribution is 2.60. The standard InChI is InChI=1S/C15H18O5/c1-7-9-4-15(18)8(2)10(16)3-12(15)14(6-19-14)5-11(9)20-13(7)17/h9-12,16,18H,1-6H2. The van der Waals surface area contributed by atoms with E-state index in [1.807, 2.05) is 0 Å². The maximum absolute atomic E-state index is 11.7. The first-order chi connectivity index (χ1) is 9.37. The minimum Gasteiger partial charge on any atom is -0.458 e. The molecule has 4 fully saturated rings. The van der Waals surface area contributed by atoms with Gasteiger partial charge >= 0.3 is 5.97 Å². The zero-order valence-electron chi connectivity index (χ0n) is 11.2. The van der Waals surface area contributed by atoms with Gasteiger partial charge in [-0.1, -0.05) is 13.2 Å². The third-order valence-corrected chi connectivity index (χ3v) is 5.64. The lowest BCUT2D eigenvalue weighted by atomic mass is 9.77. The van der Waals surface area contributed by atoms with Gasteiger partial charge in [0.1, 0.15) is 11.7 Å². The van der Waals surface area contributed by atoms with Gasteiger partial charge in [-0.15, -0.1) is 0 Å². The molecule has 0 aromatic rings. The number of hydrogen-bond donors (Lipinski definition) is 2. The molecule has 0 radical (unpaired) electrons. The second kappa shape index (κ2) is 3.53. The summed E-state index contributed by atoms with van der Waals surface area (Å²) in [5, 5.41) is 21.2. The Morgan fingerprint density at radius 1 is 1.30 bits per heavy atom. The molecule has 6 unspecified atom stereocenters. The average Bonchev–Trinajstić information content (AvgIpc) is 3.09. The monoisotopic (exact) mass is 278 g/mol. The van der Waals surface area contributed by atoms with Crippen LogP contribution in [0.15, 0.2) is 24.3 Å². The Morgan fingerprint density at radius 2 is 2.00 bits per heavy atom. The van der Waals surface area contributed by atoms with Crippen molar-refractivity contribution in [3.8, 4) is 0 Å². The van der Waals surface area contributed by atoms with Crippen LogP contribution in [0.3, 0.4) is 0 Å². The van der Waals surface area contributed by atoms with Gasteiger partial charge in [-0.3, -0.25) is 0 Å². The topological polar surface area (TPSA) is 79.3 Å². The first kappa shape index (κ1) is 12.6. The van der Waals surface area contributed by atoms with E-state index in [9.17, 15) is 15.0 Å². The van der Waals surface area contributed by atoms with Gasteiger partial charge < -0.3 is 19.7 Å². The van der Waals surface area contributed by atoms with E-state index in [-0.39, 0.29) is 23.9 Å². The number of carbonyl (C=O) groups is 1. The summed E-state index contributed by atoms with van der Waals surface area (Å²) < 4.78 is 11.0. The molecular weight excluding hydrogens is 260 g/mol. The van der Waals surface area contributed by atoms with E-state index in [0.29, 0.717) is 37.0 Å². The van der Waals surface area contributed by atoms with E-state index in [1.54, 1.807) is 0 Å². The first-order valence-electron chi connectivity index (χ1n) is 7.01. The van der Waals surface area contributed by atoms with E-state index in [4.69, 9.17) is 9.47 Å². The summed E-state index contributed by atoms with van der Waals surface area (Å²) in [6.07, 6.45) is 0.351. The minimum absolute atomic E-state index is 0.186. The molecule has 0 bridgehead atoms. The summed E-state index contributed by atoms with van der Waals surface area (Å²) in [5.41, 5.74) is -0.842. The van der Waals surface area contributed by atoms with Crippen molar-refractivity contribution in [2.75, 3.05) is 6.61 Å². The number of epoxide rings is 1. The van der Waals surface area contributed by atoms with Crippen molar-refractivity contribution in [1.29, 1.82) is 0 Å². The summed E-state index contributed by atoms with van der Waals surface area (Å²) >= 11 is 0. The molecule has 5 nitrogen and oxygen atoms in total. The van der Waals surface area contributed by atoms with Crippen molar-refractivity contribution in [2.45, 2.75) is 42.7 Å². The number of ether oxygens (including phenoxy) is 2. The predicted molar refractivity (Wildman–Crippen MR) is 68.6 cm³/mol. The molecule has 2 saturated carbocycles. The number of esters is 1. The fraction of sp³-hybridized carbons (Fsp3) is 0.667. The molecule has 0 amide bonds. The Bertz CT molecular complexity index is 534. The molecule has 5 heteroatoms. The second-order valence-electron chi connectivity index (χ2n) is 6.59. The summed E-state index contributed by atoms with van der Waals surface area (Å²) in [6.45, 7) is 8.21. The summed E-state index contributed by atoms with van der Waals surface area (Å²) in [7, 11) is 0. The van der Waals surface area contributed by atoms with Crippen LogP contribution in [0.25, 0.3) is 0 Å². The zero-order valence-corrected chi connectivity index (χ0v) is 11.2. The highest BCUT2D eigenvalue weighted by atomic mass is 16.6. The number of rotatable bonds is 0. The van der Waals surface area contributed by atoms with Gasteiger partial charge in [0.25, 0.3) is 0 Å². The lowest BCUT2D eigenvalue weighted by Gasteiger charge is -2.33. The normalized spacial score (nSPS) is 53.6. The van der Waals surface area contributed by atoms with Crippen LogP contribution in [0, 0.1) is 11.8 Å². The highest BCUT2D eigenvalue weighted by Gasteiger charge is 2.68. The summed E-state index contributed by atoms with van der Waals surface area (Å²) in [6, 6.07) is 0. The van der Waals surface area contributed by atoms with Crippen molar-refractivity contribution in [1.82, 2.24) is 0 Å². The number of aliphatic hydroxyl groups is 2. The molecule has 2 N–H and O–H groups in total. The minimum atomic E-state index is -1.20. The smallest absolute Gasteiger partial charge is 0.334 e. The molecule has 20 heavy (non-hydrogen) atoms. The van der Waals surface area contributed by atoms with Crippen LogP contribution in [0.4, 0.5) is 0 Å². The third kappa shape index (κ3) is 1.35. The number of carbonyl (C=O) groups excluding carboxylic acids is 1. The van der Waals surface area contributed by atoms with E-state index in [0.717, 1.165) is 0 Å². The van der Waals surface area contributed by atoms with Gasteiger partial charge in [-0.05, 0) is 18.4 Å². The first-order valence-corrected chi connectivity index (χ1v) is 7.01. The molecule has 4 rings (SSSR count). The molecule has 4 aliphatic rings. The van der Waals surface area contributed by atoms with Crippen LogP contribution in [0.2, 0.25) is 0 Å². The van der Waals surface area contributed by atoms with Gasteiger partial charge in [-0.2, -0.15) is 0 Å². The number of fused-ring (bicyclic) bond motifs is 3. The molecule has 1 spiro atoms. The summed E-state index contributed by atoms with van der Waals surface area (Å²) in [4.78, 5) is 11.7. The van der Waals surface area contributed by atoms with Crippen LogP contribution in [0.1, 0.15) is 19.3 Å². The quantitative estimate of drug-likeness (QED) is 0.289. The van der Waals surface area contributed by atoms with Crippen LogP contribution >= 0.6 is 0 Å². The molecule has 108 valence electrons. The fourth-order valence-electron chi connectivity index (χ4n) is 4.34. The van der Waals surface area contributed by atoms with Crippen molar-refractivity contribution < 1.29 is 24.5 Å². The number of hydrogen-bond acceptors (Lipinski definition) is 5. The SMILES string of the molecule is C=C1C(=O)OC2CC3(CO3)C3CC(O)C(=C)C3(O)CC12. The van der Waals surface area contributed by atoms with Crippen molar-refractivity contribution in [2.24, 2.45) is 11.8 Å². The van der Waals surface area contributed by atoms with Crippen molar-refractivity contribution in [3.63, 3.8) is 0 Å². The molecule has 0 aromatic carbocycles. The second-order valence-corrected chi connectivity index (χ2v) is 6.59. The maximum Gasteiger partial charge on any atom is 0.334 e. The Kier molecular flexibility index (Phi) is 2.22. The van der Waals surface area contributed by atoms with Crippen LogP contribution in [0.5, 0.6) is 0 Å². The summed E-state index contributed by atoms with van der Waals surface area (Å²) in [5.74, 6) is -0.794. The Morgan fingerprint density at radius 3 is 2.65 bits per heavy atom. The maximum atomic E-state index is 11.7. The lowest BCUT2D eigenvalue weighted by Crippen LogP contribution is -2.42. The van der Waals surface area contributed by atoms with Gasteiger partial charge in [0, 0.05) is 23.8 Å². The van der Waals surface area contributed by atoms with Gasteiger partial charge in [0.05, 0.1) is 18.3 Å². The fourth-order valence-corrected chi connectivity index (χ4v) is 4.34. The molecule has 2 aliphatic heterocycles. The van der Waals surface area contributed by atoms with Crippen LogP contribution in [-0.2, 0) is 14.3 Å². The Balaban J connectivity index is 1.79. The predicted octanol–water partition coefficient (Wildman–Crippen LogP) is 0.315. The molecular formula is C15H18O5. The van der Waals surface area contributed by atoms with Crippen molar-refractivity contribution >= 4 is 5.97 Å². The molecule has 2 aliphatic carbocycles. The average molecular weight is 278 g/mol. The molecule has 0 aromatic heterocycles. The largest absolute Gasteiger partial charge is 0.458 e. The van der Waals surface area contributed by atoms with E-state index in [2.05, 4.69) is 13.2 Å². The van der Waals surface area contributed by atoms with Gasteiger partial charge in [0.15, 0.2) is 0 Å². The van der Waals surface area contributed by atoms with E-state index in [1.165, 1.54) is 0 Å². The highest BCUT2D eigenvalue weighted by molar-refractivity contribution is 5.90.